The van der Waals surface area contributed by atoms with Crippen LogP contribution in [0.3, 0.4) is 0 Å². The number of carbonyl (C=O) groups excluding carboxylic acids is 2. The minimum absolute atomic E-state index is 0.211. The Balaban J connectivity index is 1.66. The molecule has 0 fully saturated rings. The highest BCUT2D eigenvalue weighted by molar-refractivity contribution is 6.42. The fourth-order valence-corrected chi connectivity index (χ4v) is 2.90. The van der Waals surface area contributed by atoms with Crippen molar-refractivity contribution in [2.75, 3.05) is 14.2 Å². The summed E-state index contributed by atoms with van der Waals surface area (Å²) in [4.78, 5) is 24.5. The standard InChI is InChI=1S/C23H18Cl2N2O5/c1-30-17-7-4-15(5-8-17)22(28)27-26-13-14-3-10-20(21(11-14)31-2)32-23(29)16-6-9-18(24)19(25)12-16/h3-13H,1-2H3,(H,27,28). The normalized spacial score (nSPS) is 10.6. The summed E-state index contributed by atoms with van der Waals surface area (Å²) >= 11 is 11.8. The average Bonchev–Trinajstić information content (AvgIpc) is 2.81. The second-order valence-corrected chi connectivity index (χ2v) is 7.17. The summed E-state index contributed by atoms with van der Waals surface area (Å²) in [6.45, 7) is 0. The van der Waals surface area contributed by atoms with Gasteiger partial charge in [0.2, 0.25) is 0 Å². The van der Waals surface area contributed by atoms with E-state index in [1.54, 1.807) is 49.6 Å². The van der Waals surface area contributed by atoms with E-state index < -0.39 is 5.97 Å². The molecule has 0 aromatic heterocycles. The van der Waals surface area contributed by atoms with Gasteiger partial charge >= 0.3 is 5.97 Å². The molecule has 0 heterocycles. The van der Waals surface area contributed by atoms with E-state index in [2.05, 4.69) is 10.5 Å². The van der Waals surface area contributed by atoms with Gasteiger partial charge < -0.3 is 14.2 Å². The fraction of sp³-hybridized carbons (Fsp3) is 0.0870. The molecule has 0 aliphatic rings. The summed E-state index contributed by atoms with van der Waals surface area (Å²) in [5.41, 5.74) is 3.74. The number of hydrazone groups is 1. The van der Waals surface area contributed by atoms with Crippen molar-refractivity contribution >= 4 is 41.3 Å². The third-order valence-electron chi connectivity index (χ3n) is 4.28. The number of carbonyl (C=O) groups is 2. The van der Waals surface area contributed by atoms with Crippen molar-refractivity contribution in [3.8, 4) is 17.2 Å². The van der Waals surface area contributed by atoms with E-state index in [1.165, 1.54) is 31.5 Å². The number of benzene rings is 3. The van der Waals surface area contributed by atoms with Crippen molar-refractivity contribution < 1.29 is 23.8 Å². The van der Waals surface area contributed by atoms with Crippen LogP contribution in [0.5, 0.6) is 17.2 Å². The average molecular weight is 473 g/mol. The Morgan fingerprint density at radius 3 is 2.22 bits per heavy atom. The molecule has 164 valence electrons. The van der Waals surface area contributed by atoms with Crippen LogP contribution in [0.15, 0.2) is 65.8 Å². The Labute approximate surface area is 194 Å². The molecule has 0 bridgehead atoms. The van der Waals surface area contributed by atoms with E-state index in [1.807, 2.05) is 0 Å². The van der Waals surface area contributed by atoms with E-state index in [0.717, 1.165) is 0 Å². The summed E-state index contributed by atoms with van der Waals surface area (Å²) in [7, 11) is 2.99. The van der Waals surface area contributed by atoms with Crippen molar-refractivity contribution in [1.82, 2.24) is 5.43 Å². The Morgan fingerprint density at radius 1 is 0.844 bits per heavy atom. The number of halogens is 2. The third-order valence-corrected chi connectivity index (χ3v) is 5.02. The van der Waals surface area contributed by atoms with Gasteiger partial charge in [-0.05, 0) is 66.2 Å². The minimum atomic E-state index is -0.616. The van der Waals surface area contributed by atoms with Crippen LogP contribution < -0.4 is 19.6 Å². The zero-order valence-corrected chi connectivity index (χ0v) is 18.6. The summed E-state index contributed by atoms with van der Waals surface area (Å²) in [5, 5.41) is 4.53. The van der Waals surface area contributed by atoms with Crippen LogP contribution in [0.25, 0.3) is 0 Å². The first kappa shape index (κ1) is 23.1. The molecule has 0 spiro atoms. The Kier molecular flexibility index (Phi) is 7.70. The number of nitrogens with one attached hydrogen (secondary N) is 1. The van der Waals surface area contributed by atoms with Gasteiger partial charge in [0.25, 0.3) is 5.91 Å². The molecule has 3 aromatic rings. The second kappa shape index (κ2) is 10.7. The number of amides is 1. The Bertz CT molecular complexity index is 1160. The van der Waals surface area contributed by atoms with Gasteiger partial charge in [-0.1, -0.05) is 23.2 Å². The van der Waals surface area contributed by atoms with Crippen molar-refractivity contribution in [3.05, 3.63) is 87.4 Å². The van der Waals surface area contributed by atoms with Crippen molar-refractivity contribution in [3.63, 3.8) is 0 Å². The van der Waals surface area contributed by atoms with Crippen LogP contribution in [0.2, 0.25) is 10.0 Å². The molecule has 3 aromatic carbocycles. The summed E-state index contributed by atoms with van der Waals surface area (Å²) in [6.07, 6.45) is 1.44. The van der Waals surface area contributed by atoms with Gasteiger partial charge in [0.1, 0.15) is 5.75 Å². The van der Waals surface area contributed by atoms with Gasteiger partial charge in [-0.15, -0.1) is 0 Å². The quantitative estimate of drug-likeness (QED) is 0.226. The molecule has 0 aliphatic heterocycles. The Morgan fingerprint density at radius 2 is 1.56 bits per heavy atom. The van der Waals surface area contributed by atoms with Crippen molar-refractivity contribution in [2.24, 2.45) is 5.10 Å². The van der Waals surface area contributed by atoms with Crippen LogP contribution >= 0.6 is 23.2 Å². The highest BCUT2D eigenvalue weighted by Crippen LogP contribution is 2.29. The molecule has 1 N–H and O–H groups in total. The number of methoxy groups -OCH3 is 2. The molecule has 0 atom stereocenters. The lowest BCUT2D eigenvalue weighted by Gasteiger charge is -2.10. The highest BCUT2D eigenvalue weighted by atomic mass is 35.5. The van der Waals surface area contributed by atoms with Crippen LogP contribution in [-0.2, 0) is 0 Å². The maximum absolute atomic E-state index is 12.4. The lowest BCUT2D eigenvalue weighted by atomic mass is 10.2. The van der Waals surface area contributed by atoms with Crippen LogP contribution in [-0.4, -0.2) is 32.3 Å². The smallest absolute Gasteiger partial charge is 0.343 e. The van der Waals surface area contributed by atoms with Gasteiger partial charge in [-0.3, -0.25) is 4.79 Å². The number of hydrogen-bond donors (Lipinski definition) is 1. The molecule has 9 heteroatoms. The van der Waals surface area contributed by atoms with Crippen LogP contribution in [0.4, 0.5) is 0 Å². The van der Waals surface area contributed by atoms with Crippen molar-refractivity contribution in [1.29, 1.82) is 0 Å². The molecule has 0 unspecified atom stereocenters. The predicted octanol–water partition coefficient (Wildman–Crippen LogP) is 4.99. The molecule has 7 nitrogen and oxygen atoms in total. The first-order valence-electron chi connectivity index (χ1n) is 9.24. The topological polar surface area (TPSA) is 86.2 Å². The van der Waals surface area contributed by atoms with E-state index in [0.29, 0.717) is 27.6 Å². The molecular weight excluding hydrogens is 455 g/mol. The van der Waals surface area contributed by atoms with E-state index in [-0.39, 0.29) is 22.2 Å². The summed E-state index contributed by atoms with van der Waals surface area (Å²) in [6, 6.07) is 15.9. The van der Waals surface area contributed by atoms with E-state index in [4.69, 9.17) is 37.4 Å². The van der Waals surface area contributed by atoms with Crippen molar-refractivity contribution in [2.45, 2.75) is 0 Å². The largest absolute Gasteiger partial charge is 0.497 e. The first-order chi connectivity index (χ1) is 15.4. The van der Waals surface area contributed by atoms with E-state index in [9.17, 15) is 9.59 Å². The number of rotatable bonds is 7. The molecule has 0 saturated carbocycles. The maximum Gasteiger partial charge on any atom is 0.343 e. The predicted molar refractivity (Wildman–Crippen MR) is 122 cm³/mol. The lowest BCUT2D eigenvalue weighted by molar-refractivity contribution is 0.0729. The van der Waals surface area contributed by atoms with Crippen LogP contribution in [0, 0.1) is 0 Å². The molecule has 1 amide bonds. The number of hydrogen-bond acceptors (Lipinski definition) is 6. The van der Waals surface area contributed by atoms with Gasteiger partial charge in [-0.25, -0.2) is 10.2 Å². The number of esters is 1. The molecule has 32 heavy (non-hydrogen) atoms. The highest BCUT2D eigenvalue weighted by Gasteiger charge is 2.14. The zero-order valence-electron chi connectivity index (χ0n) is 17.1. The number of ether oxygens (including phenoxy) is 3. The SMILES string of the molecule is COc1ccc(C(=O)NN=Cc2ccc(OC(=O)c3ccc(Cl)c(Cl)c3)c(OC)c2)cc1. The molecular formula is C23H18Cl2N2O5. The second-order valence-electron chi connectivity index (χ2n) is 6.36. The molecule has 0 saturated heterocycles. The minimum Gasteiger partial charge on any atom is -0.497 e. The monoisotopic (exact) mass is 472 g/mol. The van der Waals surface area contributed by atoms with Gasteiger partial charge in [-0.2, -0.15) is 5.10 Å². The number of nitrogens with zero attached hydrogens (tertiary/aromatic N) is 1. The molecule has 3 rings (SSSR count). The van der Waals surface area contributed by atoms with Gasteiger partial charge in [0.05, 0.1) is 36.0 Å². The first-order valence-corrected chi connectivity index (χ1v) is 9.99. The van der Waals surface area contributed by atoms with Crippen LogP contribution in [0.1, 0.15) is 26.3 Å². The van der Waals surface area contributed by atoms with Gasteiger partial charge in [0.15, 0.2) is 11.5 Å². The summed E-state index contributed by atoms with van der Waals surface area (Å²) < 4.78 is 15.8. The maximum atomic E-state index is 12.4. The molecule has 0 radical (unpaired) electrons. The fourth-order valence-electron chi connectivity index (χ4n) is 2.60. The molecule has 0 aliphatic carbocycles. The zero-order chi connectivity index (χ0) is 23.1. The van der Waals surface area contributed by atoms with Gasteiger partial charge in [0, 0.05) is 5.56 Å². The lowest BCUT2D eigenvalue weighted by Crippen LogP contribution is -2.17. The van der Waals surface area contributed by atoms with E-state index >= 15 is 0 Å². The Hall–Kier alpha value is -3.55. The summed E-state index contributed by atoms with van der Waals surface area (Å²) in [5.74, 6) is 0.182. The third kappa shape index (κ3) is 5.78.